The zero-order chi connectivity index (χ0) is 16.8. The zero-order valence-electron chi connectivity index (χ0n) is 14.3. The Labute approximate surface area is 144 Å². The topological polar surface area (TPSA) is 64.6 Å². The van der Waals surface area contributed by atoms with Crippen molar-refractivity contribution in [2.45, 2.75) is 57.2 Å². The number of nitrogens with zero attached hydrogens (tertiary/aromatic N) is 1. The molecule has 1 heterocycles. The SMILES string of the molecule is O=C(NCCCN1CCc2ccccc2C1)NC1CCC(O)CC1. The Balaban J connectivity index is 1.29. The molecule has 3 N–H and O–H groups in total. The molecule has 1 saturated carbocycles. The van der Waals surface area contributed by atoms with Crippen LogP contribution in [0.5, 0.6) is 0 Å². The van der Waals surface area contributed by atoms with Crippen molar-refractivity contribution in [2.75, 3.05) is 19.6 Å². The second-order valence-corrected chi connectivity index (χ2v) is 7.05. The van der Waals surface area contributed by atoms with Gasteiger partial charge in [0, 0.05) is 32.2 Å². The molecule has 2 amide bonds. The Morgan fingerprint density at radius 1 is 1.17 bits per heavy atom. The van der Waals surface area contributed by atoms with Crippen molar-refractivity contribution in [2.24, 2.45) is 0 Å². The lowest BCUT2D eigenvalue weighted by Crippen LogP contribution is -2.44. The number of nitrogens with one attached hydrogen (secondary N) is 2. The van der Waals surface area contributed by atoms with Gasteiger partial charge >= 0.3 is 6.03 Å². The van der Waals surface area contributed by atoms with E-state index in [2.05, 4.69) is 39.8 Å². The average Bonchev–Trinajstić information content (AvgIpc) is 2.60. The Hall–Kier alpha value is -1.59. The smallest absolute Gasteiger partial charge is 0.315 e. The molecule has 5 heteroatoms. The number of urea groups is 1. The van der Waals surface area contributed by atoms with Crippen LogP contribution in [0.15, 0.2) is 24.3 Å². The number of aliphatic hydroxyl groups excluding tert-OH is 1. The monoisotopic (exact) mass is 331 g/mol. The van der Waals surface area contributed by atoms with Crippen molar-refractivity contribution >= 4 is 6.03 Å². The first-order valence-corrected chi connectivity index (χ1v) is 9.22. The fraction of sp³-hybridized carbons (Fsp3) is 0.632. The fourth-order valence-electron chi connectivity index (χ4n) is 3.71. The number of rotatable bonds is 5. The zero-order valence-corrected chi connectivity index (χ0v) is 14.3. The van der Waals surface area contributed by atoms with Gasteiger partial charge in [-0.2, -0.15) is 0 Å². The minimum Gasteiger partial charge on any atom is -0.393 e. The maximum absolute atomic E-state index is 11.9. The highest BCUT2D eigenvalue weighted by Crippen LogP contribution is 2.19. The number of hydrogen-bond acceptors (Lipinski definition) is 3. The molecule has 2 aliphatic rings. The van der Waals surface area contributed by atoms with Gasteiger partial charge in [-0.25, -0.2) is 4.79 Å². The van der Waals surface area contributed by atoms with Crippen LogP contribution < -0.4 is 10.6 Å². The minimum atomic E-state index is -0.180. The van der Waals surface area contributed by atoms with Crippen LogP contribution in [0.3, 0.4) is 0 Å². The van der Waals surface area contributed by atoms with E-state index in [1.165, 1.54) is 11.1 Å². The van der Waals surface area contributed by atoms with Crippen LogP contribution in [0.4, 0.5) is 4.79 Å². The van der Waals surface area contributed by atoms with Gasteiger partial charge in [-0.3, -0.25) is 4.90 Å². The van der Waals surface area contributed by atoms with Gasteiger partial charge in [-0.05, 0) is 49.7 Å². The summed E-state index contributed by atoms with van der Waals surface area (Å²) in [5.74, 6) is 0. The molecule has 1 aromatic rings. The van der Waals surface area contributed by atoms with Crippen molar-refractivity contribution in [1.82, 2.24) is 15.5 Å². The Kier molecular flexibility index (Phi) is 6.10. The second-order valence-electron chi connectivity index (χ2n) is 7.05. The predicted molar refractivity (Wildman–Crippen MR) is 94.8 cm³/mol. The Morgan fingerprint density at radius 2 is 1.92 bits per heavy atom. The molecule has 0 aromatic heterocycles. The van der Waals surface area contributed by atoms with Crippen LogP contribution >= 0.6 is 0 Å². The Morgan fingerprint density at radius 3 is 2.71 bits per heavy atom. The lowest BCUT2D eigenvalue weighted by Gasteiger charge is -2.29. The first-order chi connectivity index (χ1) is 11.7. The normalized spacial score (nSPS) is 24.2. The molecule has 24 heavy (non-hydrogen) atoms. The van der Waals surface area contributed by atoms with Crippen molar-refractivity contribution in [3.8, 4) is 0 Å². The van der Waals surface area contributed by atoms with E-state index in [1.54, 1.807) is 0 Å². The summed E-state index contributed by atoms with van der Waals surface area (Å²) in [4.78, 5) is 14.4. The highest BCUT2D eigenvalue weighted by Gasteiger charge is 2.20. The lowest BCUT2D eigenvalue weighted by atomic mass is 9.93. The summed E-state index contributed by atoms with van der Waals surface area (Å²) >= 11 is 0. The first kappa shape index (κ1) is 17.2. The summed E-state index contributed by atoms with van der Waals surface area (Å²) in [5.41, 5.74) is 2.91. The van der Waals surface area contributed by atoms with E-state index >= 15 is 0 Å². The molecule has 0 unspecified atom stereocenters. The number of benzene rings is 1. The molecule has 1 aliphatic carbocycles. The van der Waals surface area contributed by atoms with Gasteiger partial charge in [-0.15, -0.1) is 0 Å². The van der Waals surface area contributed by atoms with E-state index in [9.17, 15) is 9.90 Å². The summed E-state index contributed by atoms with van der Waals surface area (Å²) in [7, 11) is 0. The van der Waals surface area contributed by atoms with Crippen molar-refractivity contribution in [1.29, 1.82) is 0 Å². The summed E-state index contributed by atoms with van der Waals surface area (Å²) in [6.07, 6.45) is 5.25. The second kappa shape index (κ2) is 8.49. The number of carbonyl (C=O) groups is 1. The molecule has 1 aliphatic heterocycles. The number of aliphatic hydroxyl groups is 1. The van der Waals surface area contributed by atoms with Gasteiger partial charge in [0.05, 0.1) is 6.10 Å². The van der Waals surface area contributed by atoms with Crippen LogP contribution in [0.2, 0.25) is 0 Å². The van der Waals surface area contributed by atoms with Gasteiger partial charge in [0.2, 0.25) is 0 Å². The van der Waals surface area contributed by atoms with Crippen LogP contribution in [-0.4, -0.2) is 47.8 Å². The molecule has 132 valence electrons. The largest absolute Gasteiger partial charge is 0.393 e. The average molecular weight is 331 g/mol. The van der Waals surface area contributed by atoms with Gasteiger partial charge in [0.25, 0.3) is 0 Å². The van der Waals surface area contributed by atoms with Crippen LogP contribution in [0.1, 0.15) is 43.2 Å². The van der Waals surface area contributed by atoms with Crippen LogP contribution in [0, 0.1) is 0 Å². The van der Waals surface area contributed by atoms with Crippen molar-refractivity contribution < 1.29 is 9.90 Å². The summed E-state index contributed by atoms with van der Waals surface area (Å²) in [6.45, 7) is 3.85. The third kappa shape index (κ3) is 4.95. The van der Waals surface area contributed by atoms with Gasteiger partial charge in [0.15, 0.2) is 0 Å². The van der Waals surface area contributed by atoms with E-state index in [0.29, 0.717) is 6.54 Å². The van der Waals surface area contributed by atoms with E-state index in [-0.39, 0.29) is 18.2 Å². The minimum absolute atomic E-state index is 0.0691. The summed E-state index contributed by atoms with van der Waals surface area (Å²) in [6, 6.07) is 8.81. The number of fused-ring (bicyclic) bond motifs is 1. The number of carbonyl (C=O) groups excluding carboxylic acids is 1. The molecule has 1 fully saturated rings. The van der Waals surface area contributed by atoms with Crippen molar-refractivity contribution in [3.63, 3.8) is 0 Å². The molecule has 5 nitrogen and oxygen atoms in total. The third-order valence-corrected chi connectivity index (χ3v) is 5.18. The molecule has 0 atom stereocenters. The molecule has 0 saturated heterocycles. The highest BCUT2D eigenvalue weighted by molar-refractivity contribution is 5.74. The standard InChI is InChI=1S/C19H29N3O2/c23-18-8-6-17(7-9-18)21-19(24)20-11-3-12-22-13-10-15-4-1-2-5-16(15)14-22/h1-2,4-5,17-18,23H,3,6-14H2,(H2,20,21,24). The molecule has 1 aromatic carbocycles. The molecule has 0 spiro atoms. The van der Waals surface area contributed by atoms with E-state index in [0.717, 1.165) is 58.2 Å². The van der Waals surface area contributed by atoms with Gasteiger partial charge in [-0.1, -0.05) is 24.3 Å². The molecule has 0 bridgehead atoms. The Bertz CT molecular complexity index is 541. The lowest BCUT2D eigenvalue weighted by molar-refractivity contribution is 0.117. The van der Waals surface area contributed by atoms with Crippen molar-refractivity contribution in [3.05, 3.63) is 35.4 Å². The number of amides is 2. The van der Waals surface area contributed by atoms with E-state index in [1.807, 2.05) is 0 Å². The molecular formula is C19H29N3O2. The maximum Gasteiger partial charge on any atom is 0.315 e. The first-order valence-electron chi connectivity index (χ1n) is 9.22. The van der Waals surface area contributed by atoms with E-state index in [4.69, 9.17) is 0 Å². The molecular weight excluding hydrogens is 302 g/mol. The number of hydrogen-bond donors (Lipinski definition) is 3. The van der Waals surface area contributed by atoms with Crippen LogP contribution in [0.25, 0.3) is 0 Å². The van der Waals surface area contributed by atoms with Gasteiger partial charge in [0.1, 0.15) is 0 Å². The molecule has 0 radical (unpaired) electrons. The maximum atomic E-state index is 11.9. The van der Waals surface area contributed by atoms with Crippen LogP contribution in [-0.2, 0) is 13.0 Å². The fourth-order valence-corrected chi connectivity index (χ4v) is 3.71. The quantitative estimate of drug-likeness (QED) is 0.724. The summed E-state index contributed by atoms with van der Waals surface area (Å²) < 4.78 is 0. The van der Waals surface area contributed by atoms with Gasteiger partial charge < -0.3 is 15.7 Å². The third-order valence-electron chi connectivity index (χ3n) is 5.18. The molecule has 3 rings (SSSR count). The van der Waals surface area contributed by atoms with E-state index < -0.39 is 0 Å². The predicted octanol–water partition coefficient (Wildman–Crippen LogP) is 2.04. The highest BCUT2D eigenvalue weighted by atomic mass is 16.3. The summed E-state index contributed by atoms with van der Waals surface area (Å²) in [5, 5.41) is 15.5.